The molecule has 18 heavy (non-hydrogen) atoms. The van der Waals surface area contributed by atoms with Crippen LogP contribution >= 0.6 is 0 Å². The molecule has 0 amide bonds. The lowest BCUT2D eigenvalue weighted by atomic mass is 10.4. The van der Waals surface area contributed by atoms with Crippen LogP contribution in [0.15, 0.2) is 0 Å². The van der Waals surface area contributed by atoms with Crippen LogP contribution < -0.4 is 0 Å². The van der Waals surface area contributed by atoms with Crippen LogP contribution in [0.5, 0.6) is 0 Å². The Morgan fingerprint density at radius 3 is 2.28 bits per heavy atom. The zero-order valence-electron chi connectivity index (χ0n) is 10.2. The van der Waals surface area contributed by atoms with Crippen molar-refractivity contribution >= 4 is 16.0 Å². The molecule has 0 aromatic carbocycles. The highest BCUT2D eigenvalue weighted by Gasteiger charge is 2.35. The first-order valence-corrected chi connectivity index (χ1v) is 6.84. The summed E-state index contributed by atoms with van der Waals surface area (Å²) in [4.78, 5) is 10.8. The van der Waals surface area contributed by atoms with Gasteiger partial charge in [0.05, 0.1) is 19.3 Å². The summed E-state index contributed by atoms with van der Waals surface area (Å²) < 4.78 is 64.5. The number of carbonyl (C=O) groups excluding carboxylic acids is 1. The summed E-state index contributed by atoms with van der Waals surface area (Å²) in [7, 11) is -2.92. The normalized spacial score (nSPS) is 12.8. The van der Waals surface area contributed by atoms with Gasteiger partial charge in [0.15, 0.2) is 0 Å². The van der Waals surface area contributed by atoms with Gasteiger partial charge < -0.3 is 4.74 Å². The average molecular weight is 291 g/mol. The summed E-state index contributed by atoms with van der Waals surface area (Å²) in [5.74, 6) is -1.14. The van der Waals surface area contributed by atoms with Gasteiger partial charge in [-0.2, -0.15) is 17.5 Å². The van der Waals surface area contributed by atoms with Crippen LogP contribution in [0.2, 0.25) is 0 Å². The highest BCUT2D eigenvalue weighted by atomic mass is 32.2. The van der Waals surface area contributed by atoms with Crippen molar-refractivity contribution in [1.29, 1.82) is 0 Å². The number of esters is 1. The van der Waals surface area contributed by atoms with Crippen LogP contribution in [0, 0.1) is 0 Å². The maximum atomic E-state index is 12.3. The lowest BCUT2D eigenvalue weighted by Crippen LogP contribution is -2.41. The van der Waals surface area contributed by atoms with Crippen molar-refractivity contribution in [1.82, 2.24) is 4.31 Å². The Morgan fingerprint density at radius 2 is 1.89 bits per heavy atom. The van der Waals surface area contributed by atoms with E-state index < -0.39 is 41.7 Å². The Hall–Kier alpha value is -0.830. The minimum absolute atomic E-state index is 0.203. The van der Waals surface area contributed by atoms with Crippen molar-refractivity contribution in [3.8, 4) is 0 Å². The number of alkyl halides is 3. The summed E-state index contributed by atoms with van der Waals surface area (Å²) in [5, 5.41) is 0. The molecule has 0 fully saturated rings. The zero-order chi connectivity index (χ0) is 14.4. The molecule has 0 aliphatic heterocycles. The molecule has 0 rings (SSSR count). The minimum Gasteiger partial charge on any atom is -0.469 e. The Labute approximate surface area is 104 Å². The van der Waals surface area contributed by atoms with E-state index in [4.69, 9.17) is 0 Å². The fourth-order valence-electron chi connectivity index (χ4n) is 1.22. The predicted octanol–water partition coefficient (Wildman–Crippen LogP) is 1.15. The van der Waals surface area contributed by atoms with Crippen molar-refractivity contribution in [2.24, 2.45) is 0 Å². The fourth-order valence-corrected chi connectivity index (χ4v) is 2.71. The molecule has 0 unspecified atom stereocenters. The van der Waals surface area contributed by atoms with Crippen molar-refractivity contribution < 1.29 is 31.1 Å². The molecule has 0 radical (unpaired) electrons. The predicted molar refractivity (Wildman–Crippen MR) is 58.3 cm³/mol. The number of ether oxygens (including phenoxy) is 1. The molecule has 0 atom stereocenters. The Kier molecular flexibility index (Phi) is 6.61. The minimum atomic E-state index is -4.64. The number of nitrogens with zero attached hydrogens (tertiary/aromatic N) is 1. The lowest BCUT2D eigenvalue weighted by molar-refractivity contribution is -0.144. The molecule has 0 aromatic rings. The van der Waals surface area contributed by atoms with Gasteiger partial charge in [0.2, 0.25) is 10.0 Å². The number of hydrogen-bond acceptors (Lipinski definition) is 4. The van der Waals surface area contributed by atoms with Crippen LogP contribution in [-0.4, -0.2) is 50.8 Å². The molecule has 108 valence electrons. The summed E-state index contributed by atoms with van der Waals surface area (Å²) in [5.41, 5.74) is 0. The first-order chi connectivity index (χ1) is 8.12. The van der Waals surface area contributed by atoms with E-state index >= 15 is 0 Å². The second kappa shape index (κ2) is 6.93. The van der Waals surface area contributed by atoms with Gasteiger partial charge in [0.25, 0.3) is 0 Å². The molecule has 0 saturated carbocycles. The second-order valence-electron chi connectivity index (χ2n) is 3.59. The van der Waals surface area contributed by atoms with Gasteiger partial charge >= 0.3 is 12.1 Å². The van der Waals surface area contributed by atoms with E-state index in [9.17, 15) is 26.4 Å². The van der Waals surface area contributed by atoms with E-state index in [-0.39, 0.29) is 16.5 Å². The van der Waals surface area contributed by atoms with Crippen LogP contribution in [0.3, 0.4) is 0 Å². The van der Waals surface area contributed by atoms with Crippen molar-refractivity contribution in [3.05, 3.63) is 0 Å². The van der Waals surface area contributed by atoms with Crippen molar-refractivity contribution in [2.45, 2.75) is 25.9 Å². The zero-order valence-corrected chi connectivity index (χ0v) is 11.0. The third kappa shape index (κ3) is 6.80. The highest BCUT2D eigenvalue weighted by molar-refractivity contribution is 7.89. The van der Waals surface area contributed by atoms with E-state index in [0.29, 0.717) is 0 Å². The number of sulfonamides is 1. The molecule has 0 spiro atoms. The fraction of sp³-hybridized carbons (Fsp3) is 0.889. The molecular weight excluding hydrogens is 275 g/mol. The molecule has 0 bridgehead atoms. The van der Waals surface area contributed by atoms with Gasteiger partial charge in [-0.15, -0.1) is 0 Å². The number of halogens is 3. The molecule has 0 heterocycles. The smallest absolute Gasteiger partial charge is 0.402 e. The lowest BCUT2D eigenvalue weighted by Gasteiger charge is -2.22. The number of methoxy groups -OCH3 is 1. The average Bonchev–Trinajstić information content (AvgIpc) is 2.21. The molecule has 0 N–H and O–H groups in total. The van der Waals surface area contributed by atoms with E-state index in [2.05, 4.69) is 4.74 Å². The highest BCUT2D eigenvalue weighted by Crippen LogP contribution is 2.19. The number of carbonyl (C=O) groups is 1. The SMILES string of the molecule is CCCS(=O)(=O)N(CCC(=O)OC)CC(F)(F)F. The van der Waals surface area contributed by atoms with Gasteiger partial charge in [0.1, 0.15) is 6.54 Å². The van der Waals surface area contributed by atoms with Gasteiger partial charge in [-0.1, -0.05) is 6.92 Å². The van der Waals surface area contributed by atoms with Gasteiger partial charge in [-0.25, -0.2) is 8.42 Å². The van der Waals surface area contributed by atoms with E-state index in [1.165, 1.54) is 0 Å². The second-order valence-corrected chi connectivity index (χ2v) is 5.68. The maximum absolute atomic E-state index is 12.3. The summed E-state index contributed by atoms with van der Waals surface area (Å²) in [6.07, 6.45) is -4.85. The topological polar surface area (TPSA) is 63.7 Å². The first kappa shape index (κ1) is 17.2. The largest absolute Gasteiger partial charge is 0.469 e. The maximum Gasteiger partial charge on any atom is 0.402 e. The van der Waals surface area contributed by atoms with Crippen LogP contribution in [0.4, 0.5) is 13.2 Å². The van der Waals surface area contributed by atoms with E-state index in [1.807, 2.05) is 0 Å². The molecular formula is C9H16F3NO4S. The third-order valence-corrected chi connectivity index (χ3v) is 4.03. The first-order valence-electron chi connectivity index (χ1n) is 5.23. The Balaban J connectivity index is 4.78. The monoisotopic (exact) mass is 291 g/mol. The number of hydrogen-bond donors (Lipinski definition) is 0. The quantitative estimate of drug-likeness (QED) is 0.660. The third-order valence-electron chi connectivity index (χ3n) is 2.00. The van der Waals surface area contributed by atoms with Crippen LogP contribution in [-0.2, 0) is 19.6 Å². The molecule has 0 aliphatic rings. The van der Waals surface area contributed by atoms with E-state index in [0.717, 1.165) is 7.11 Å². The molecule has 0 aromatic heterocycles. The Morgan fingerprint density at radius 1 is 1.33 bits per heavy atom. The molecule has 0 aliphatic carbocycles. The molecule has 9 heteroatoms. The van der Waals surface area contributed by atoms with Crippen LogP contribution in [0.1, 0.15) is 19.8 Å². The Bertz CT molecular complexity index is 366. The summed E-state index contributed by atoms with van der Waals surface area (Å²) >= 11 is 0. The molecule has 5 nitrogen and oxygen atoms in total. The van der Waals surface area contributed by atoms with Crippen LogP contribution in [0.25, 0.3) is 0 Å². The van der Waals surface area contributed by atoms with Crippen molar-refractivity contribution in [2.75, 3.05) is 26.0 Å². The summed E-state index contributed by atoms with van der Waals surface area (Å²) in [6.45, 7) is -0.579. The standard InChI is InChI=1S/C9H16F3NO4S/c1-3-6-18(15,16)13(7-9(10,11)12)5-4-8(14)17-2/h3-7H2,1-2H3. The van der Waals surface area contributed by atoms with E-state index in [1.54, 1.807) is 6.92 Å². The summed E-state index contributed by atoms with van der Waals surface area (Å²) in [6, 6.07) is 0. The van der Waals surface area contributed by atoms with Crippen molar-refractivity contribution in [3.63, 3.8) is 0 Å². The van der Waals surface area contributed by atoms with Gasteiger partial charge in [0, 0.05) is 6.54 Å². The number of rotatable bonds is 7. The molecule has 0 saturated heterocycles. The van der Waals surface area contributed by atoms with Gasteiger partial charge in [-0.05, 0) is 6.42 Å². The van der Waals surface area contributed by atoms with Gasteiger partial charge in [-0.3, -0.25) is 4.79 Å².